The molecule has 0 bridgehead atoms. The number of nitrogens with one attached hydrogen (secondary N) is 2. The molecular weight excluding hydrogens is 412 g/mol. The quantitative estimate of drug-likeness (QED) is 0.297. The van der Waals surface area contributed by atoms with Crippen LogP contribution >= 0.6 is 0 Å². The zero-order valence-corrected chi connectivity index (χ0v) is 17.9. The number of carbonyl (C=O) groups is 1. The Morgan fingerprint density at radius 2 is 1.91 bits per heavy atom. The van der Waals surface area contributed by atoms with E-state index in [0.717, 1.165) is 29.5 Å². The smallest absolute Gasteiger partial charge is 0.338 e. The number of hydrogen-bond acceptors (Lipinski definition) is 6. The summed E-state index contributed by atoms with van der Waals surface area (Å²) >= 11 is 0. The van der Waals surface area contributed by atoms with Crippen molar-refractivity contribution < 1.29 is 14.6 Å². The lowest BCUT2D eigenvalue weighted by Crippen LogP contribution is -2.22. The zero-order valence-electron chi connectivity index (χ0n) is 17.9. The number of aromatic nitrogens is 2. The van der Waals surface area contributed by atoms with Crippen molar-refractivity contribution in [2.75, 3.05) is 12.5 Å². The van der Waals surface area contributed by atoms with Crippen LogP contribution in [-0.4, -0.2) is 28.1 Å². The first-order valence-electron chi connectivity index (χ1n) is 10.2. The average molecular weight is 436 g/mol. The Kier molecular flexibility index (Phi) is 7.33. The molecule has 166 valence electrons. The number of methoxy groups -OCH3 is 1. The van der Waals surface area contributed by atoms with Gasteiger partial charge in [0.15, 0.2) is 5.03 Å². The average Bonchev–Trinajstić information content (AvgIpc) is 2.79. The van der Waals surface area contributed by atoms with E-state index in [1.807, 2.05) is 48.7 Å². The van der Waals surface area contributed by atoms with Crippen LogP contribution in [0.1, 0.15) is 46.9 Å². The molecule has 0 unspecified atom stereocenters. The predicted octanol–water partition coefficient (Wildman–Crippen LogP) is 3.76. The van der Waals surface area contributed by atoms with Gasteiger partial charge in [0.2, 0.25) is 0 Å². The van der Waals surface area contributed by atoms with Crippen molar-refractivity contribution >= 4 is 11.9 Å². The number of aromatic amines is 1. The molecule has 9 heteroatoms. The molecule has 0 aliphatic rings. The third-order valence-corrected chi connectivity index (χ3v) is 5.06. The second-order valence-corrected chi connectivity index (χ2v) is 7.23. The maximum atomic E-state index is 12.6. The minimum atomic E-state index is -0.758. The summed E-state index contributed by atoms with van der Waals surface area (Å²) in [6.45, 7) is 2.03. The van der Waals surface area contributed by atoms with Crippen molar-refractivity contribution in [3.63, 3.8) is 0 Å². The van der Waals surface area contributed by atoms with Gasteiger partial charge >= 0.3 is 5.97 Å². The molecule has 0 aliphatic heterocycles. The summed E-state index contributed by atoms with van der Waals surface area (Å²) in [5.41, 5.74) is 5.48. The van der Waals surface area contributed by atoms with Crippen LogP contribution in [0.3, 0.4) is 0 Å². The number of aryl methyl sites for hydroxylation is 1. The highest BCUT2D eigenvalue weighted by Gasteiger charge is 2.15. The van der Waals surface area contributed by atoms with Crippen molar-refractivity contribution in [3.8, 4) is 11.1 Å². The van der Waals surface area contributed by atoms with Crippen molar-refractivity contribution in [1.82, 2.24) is 9.97 Å². The Bertz CT molecular complexity index is 1170. The number of nitro groups is 1. The Labute approximate surface area is 184 Å². The van der Waals surface area contributed by atoms with E-state index >= 15 is 0 Å². The number of hydrazine groups is 1. The summed E-state index contributed by atoms with van der Waals surface area (Å²) in [6, 6.07) is 14.7. The highest BCUT2D eigenvalue weighted by Crippen LogP contribution is 2.25. The first-order chi connectivity index (χ1) is 15.4. The number of ether oxygens (including phenoxy) is 1. The molecule has 32 heavy (non-hydrogen) atoms. The molecule has 0 saturated heterocycles. The first kappa shape index (κ1) is 22.7. The van der Waals surface area contributed by atoms with Crippen LogP contribution in [-0.2, 0) is 17.6 Å². The number of benzene rings is 2. The largest absolute Gasteiger partial charge is 0.465 e. The maximum absolute atomic E-state index is 12.6. The van der Waals surface area contributed by atoms with Crippen LogP contribution in [0, 0.1) is 10.1 Å². The van der Waals surface area contributed by atoms with Crippen LogP contribution in [0.15, 0.2) is 53.3 Å². The normalized spacial score (nSPS) is 10.6. The Morgan fingerprint density at radius 3 is 2.56 bits per heavy atom. The van der Waals surface area contributed by atoms with E-state index in [-0.39, 0.29) is 5.95 Å². The van der Waals surface area contributed by atoms with E-state index in [2.05, 4.69) is 9.97 Å². The van der Waals surface area contributed by atoms with Gasteiger partial charge in [-0.05, 0) is 35.6 Å². The highest BCUT2D eigenvalue weighted by atomic mass is 16.7. The number of nitrogens with zero attached hydrogens (tertiary/aromatic N) is 2. The number of anilines is 1. The maximum Gasteiger partial charge on any atom is 0.338 e. The molecule has 2 aromatic carbocycles. The van der Waals surface area contributed by atoms with Crippen molar-refractivity contribution in [2.45, 2.75) is 32.6 Å². The van der Waals surface area contributed by atoms with Gasteiger partial charge in [-0.3, -0.25) is 4.79 Å². The number of hydrogen-bond donors (Lipinski definition) is 2. The number of carbonyl (C=O) groups excluding carboxylic acids is 1. The highest BCUT2D eigenvalue weighted by molar-refractivity contribution is 5.97. The van der Waals surface area contributed by atoms with Gasteiger partial charge in [-0.1, -0.05) is 61.2 Å². The standard InChI is InChI=1S/C23H24N4O5/c1-3-4-9-20-19(21(28)25-23(24-20)26-27(30)31)14-15-10-12-16(13-11-15)17-7-5-6-8-18(17)22(29)32-2/h5-8,10-13H,3-4,9,14H2,1-2H3,(H2,24,25,26,28). The fourth-order valence-electron chi connectivity index (χ4n) is 3.46. The van der Waals surface area contributed by atoms with E-state index in [1.54, 1.807) is 12.1 Å². The summed E-state index contributed by atoms with van der Waals surface area (Å²) in [7, 11) is 1.34. The van der Waals surface area contributed by atoms with Gasteiger partial charge in [-0.25, -0.2) is 14.9 Å². The number of H-pyrrole nitrogens is 1. The zero-order chi connectivity index (χ0) is 23.1. The van der Waals surface area contributed by atoms with Crippen molar-refractivity contribution in [3.05, 3.63) is 91.4 Å². The molecule has 1 heterocycles. The van der Waals surface area contributed by atoms with Crippen LogP contribution < -0.4 is 11.0 Å². The van der Waals surface area contributed by atoms with Crippen molar-refractivity contribution in [2.24, 2.45) is 0 Å². The lowest BCUT2D eigenvalue weighted by Gasteiger charge is -2.11. The second-order valence-electron chi connectivity index (χ2n) is 7.23. The lowest BCUT2D eigenvalue weighted by atomic mass is 9.96. The molecule has 9 nitrogen and oxygen atoms in total. The number of esters is 1. The number of unbranched alkanes of at least 4 members (excludes halogenated alkanes) is 1. The molecule has 0 radical (unpaired) electrons. The van der Waals surface area contributed by atoms with Crippen LogP contribution in [0.4, 0.5) is 5.95 Å². The summed E-state index contributed by atoms with van der Waals surface area (Å²) in [6.07, 6.45) is 2.66. The van der Waals surface area contributed by atoms with Gasteiger partial charge in [-0.15, -0.1) is 0 Å². The Hall–Kier alpha value is -4.01. The summed E-state index contributed by atoms with van der Waals surface area (Å²) in [4.78, 5) is 42.0. The molecule has 1 aromatic heterocycles. The van der Waals surface area contributed by atoms with Gasteiger partial charge in [0, 0.05) is 17.7 Å². The van der Waals surface area contributed by atoms with E-state index in [0.29, 0.717) is 29.7 Å². The van der Waals surface area contributed by atoms with Gasteiger partial charge in [-0.2, -0.15) is 4.98 Å². The van der Waals surface area contributed by atoms with Crippen LogP contribution in [0.2, 0.25) is 0 Å². The monoisotopic (exact) mass is 436 g/mol. The van der Waals surface area contributed by atoms with Crippen LogP contribution in [0.25, 0.3) is 11.1 Å². The summed E-state index contributed by atoms with van der Waals surface area (Å²) in [5.74, 6) is -0.587. The molecule has 0 saturated carbocycles. The van der Waals surface area contributed by atoms with Gasteiger partial charge in [0.25, 0.3) is 11.5 Å². The molecule has 0 atom stereocenters. The number of rotatable bonds is 9. The van der Waals surface area contributed by atoms with E-state index in [9.17, 15) is 19.7 Å². The molecular formula is C23H24N4O5. The molecule has 3 rings (SSSR count). The van der Waals surface area contributed by atoms with E-state index < -0.39 is 16.6 Å². The third-order valence-electron chi connectivity index (χ3n) is 5.06. The second kappa shape index (κ2) is 10.3. The molecule has 0 amide bonds. The van der Waals surface area contributed by atoms with E-state index in [1.165, 1.54) is 7.11 Å². The third kappa shape index (κ3) is 5.37. The van der Waals surface area contributed by atoms with Gasteiger partial charge < -0.3 is 9.72 Å². The first-order valence-corrected chi connectivity index (χ1v) is 10.2. The van der Waals surface area contributed by atoms with Gasteiger partial charge in [0.1, 0.15) is 0 Å². The minimum Gasteiger partial charge on any atom is -0.465 e. The molecule has 2 N–H and O–H groups in total. The van der Waals surface area contributed by atoms with E-state index in [4.69, 9.17) is 4.74 Å². The molecule has 0 fully saturated rings. The Morgan fingerprint density at radius 1 is 1.19 bits per heavy atom. The topological polar surface area (TPSA) is 127 Å². The van der Waals surface area contributed by atoms with Crippen LogP contribution in [0.5, 0.6) is 0 Å². The SMILES string of the molecule is CCCCc1[nH]c(N[N+](=O)[O-])nc(=O)c1Cc1ccc(-c2ccccc2C(=O)OC)cc1. The lowest BCUT2D eigenvalue weighted by molar-refractivity contribution is -0.446. The van der Waals surface area contributed by atoms with Gasteiger partial charge in [0.05, 0.1) is 12.7 Å². The molecule has 0 spiro atoms. The minimum absolute atomic E-state index is 0.176. The summed E-state index contributed by atoms with van der Waals surface area (Å²) in [5, 5.41) is 9.96. The predicted molar refractivity (Wildman–Crippen MR) is 120 cm³/mol. The van der Waals surface area contributed by atoms with Crippen molar-refractivity contribution in [1.29, 1.82) is 0 Å². The Balaban J connectivity index is 1.91. The fourth-order valence-corrected chi connectivity index (χ4v) is 3.46. The summed E-state index contributed by atoms with van der Waals surface area (Å²) < 4.78 is 4.86. The molecule has 0 aliphatic carbocycles. The molecule has 3 aromatic rings. The fraction of sp³-hybridized carbons (Fsp3) is 0.261.